The van der Waals surface area contributed by atoms with Gasteiger partial charge in [-0.3, -0.25) is 4.79 Å². The van der Waals surface area contributed by atoms with Crippen molar-refractivity contribution in [2.24, 2.45) is 0 Å². The molecule has 2 aromatic rings. The molecule has 3 nitrogen and oxygen atoms in total. The van der Waals surface area contributed by atoms with Gasteiger partial charge in [-0.05, 0) is 42.3 Å². The van der Waals surface area contributed by atoms with Gasteiger partial charge in [0.1, 0.15) is 6.10 Å². The smallest absolute Gasteiger partial charge is 0.252 e. The molecule has 18 heavy (non-hydrogen) atoms. The molecule has 0 radical (unpaired) electrons. The maximum atomic E-state index is 11.6. The third kappa shape index (κ3) is 1.68. The number of carbonyl (C=O) groups is 1. The largest absolute Gasteiger partial charge is 0.384 e. The van der Waals surface area contributed by atoms with Crippen molar-refractivity contribution in [1.29, 1.82) is 0 Å². The van der Waals surface area contributed by atoms with Crippen molar-refractivity contribution in [2.45, 2.75) is 25.9 Å². The summed E-state index contributed by atoms with van der Waals surface area (Å²) in [4.78, 5) is 11.6. The second-order valence-electron chi connectivity index (χ2n) is 4.78. The summed E-state index contributed by atoms with van der Waals surface area (Å²) in [5, 5.41) is 14.4. The third-order valence-electron chi connectivity index (χ3n) is 3.51. The highest BCUT2D eigenvalue weighted by Crippen LogP contribution is 2.34. The Morgan fingerprint density at radius 1 is 1.22 bits per heavy atom. The third-order valence-corrected chi connectivity index (χ3v) is 3.51. The fourth-order valence-corrected chi connectivity index (χ4v) is 2.59. The van der Waals surface area contributed by atoms with Gasteiger partial charge < -0.3 is 10.4 Å². The van der Waals surface area contributed by atoms with Crippen molar-refractivity contribution in [1.82, 2.24) is 0 Å². The van der Waals surface area contributed by atoms with Gasteiger partial charge >= 0.3 is 0 Å². The monoisotopic (exact) mass is 241 g/mol. The summed E-state index contributed by atoms with van der Waals surface area (Å²) < 4.78 is 0. The van der Waals surface area contributed by atoms with E-state index in [-0.39, 0.29) is 5.91 Å². The molecule has 1 aliphatic carbocycles. The number of aliphatic hydroxyl groups is 1. The molecule has 3 heteroatoms. The summed E-state index contributed by atoms with van der Waals surface area (Å²) in [7, 11) is 0. The molecule has 0 fully saturated rings. The average molecular weight is 241 g/mol. The predicted octanol–water partition coefficient (Wildman–Crippen LogP) is 2.26. The quantitative estimate of drug-likeness (QED) is 0.847. The fraction of sp³-hybridized carbons (Fsp3) is 0.267. The highest BCUT2D eigenvalue weighted by molar-refractivity contribution is 6.05. The molecule has 0 spiro atoms. The average Bonchev–Trinajstić information content (AvgIpc) is 2.77. The van der Waals surface area contributed by atoms with Crippen LogP contribution in [0, 0.1) is 0 Å². The summed E-state index contributed by atoms with van der Waals surface area (Å²) in [5.74, 6) is -0.367. The molecule has 0 aromatic heterocycles. The summed E-state index contributed by atoms with van der Waals surface area (Å²) in [6.07, 6.45) is 1.15. The zero-order chi connectivity index (χ0) is 12.7. The molecule has 0 aliphatic heterocycles. The molecule has 1 unspecified atom stereocenters. The number of benzene rings is 2. The van der Waals surface area contributed by atoms with Crippen molar-refractivity contribution in [3.63, 3.8) is 0 Å². The zero-order valence-electron chi connectivity index (χ0n) is 10.2. The first kappa shape index (κ1) is 11.2. The van der Waals surface area contributed by atoms with Crippen LogP contribution >= 0.6 is 0 Å². The van der Waals surface area contributed by atoms with Crippen LogP contribution in [0.3, 0.4) is 0 Å². The van der Waals surface area contributed by atoms with E-state index in [0.717, 1.165) is 23.9 Å². The summed E-state index contributed by atoms with van der Waals surface area (Å²) in [6, 6.07) is 10.2. The van der Waals surface area contributed by atoms with Crippen molar-refractivity contribution in [3.8, 4) is 0 Å². The fourth-order valence-electron chi connectivity index (χ4n) is 2.59. The normalized spacial score (nSPS) is 14.8. The number of aryl methyl sites for hydroxylation is 2. The Bertz CT molecular complexity index is 621. The highest BCUT2D eigenvalue weighted by atomic mass is 16.3. The summed E-state index contributed by atoms with van der Waals surface area (Å²) in [5.41, 5.74) is 3.47. The van der Waals surface area contributed by atoms with Crippen LogP contribution in [0.15, 0.2) is 30.3 Å². The number of nitrogens with one attached hydrogen (secondary N) is 1. The minimum atomic E-state index is -0.993. The van der Waals surface area contributed by atoms with Crippen LogP contribution in [0.2, 0.25) is 0 Å². The molecule has 1 amide bonds. The van der Waals surface area contributed by atoms with Crippen LogP contribution in [0.5, 0.6) is 0 Å². The van der Waals surface area contributed by atoms with Crippen LogP contribution in [0.25, 0.3) is 10.8 Å². The number of carbonyl (C=O) groups excluding carboxylic acids is 1. The van der Waals surface area contributed by atoms with E-state index in [9.17, 15) is 9.90 Å². The molecule has 3 rings (SSSR count). The lowest BCUT2D eigenvalue weighted by molar-refractivity contribution is -0.123. The maximum absolute atomic E-state index is 11.6. The van der Waals surface area contributed by atoms with Crippen LogP contribution in [-0.4, -0.2) is 17.1 Å². The summed E-state index contributed by atoms with van der Waals surface area (Å²) in [6.45, 7) is 1.47. The first-order valence-corrected chi connectivity index (χ1v) is 6.19. The Morgan fingerprint density at radius 3 is 2.67 bits per heavy atom. The lowest BCUT2D eigenvalue weighted by Crippen LogP contribution is -2.24. The second-order valence-corrected chi connectivity index (χ2v) is 4.78. The number of hydrogen-bond donors (Lipinski definition) is 2. The van der Waals surface area contributed by atoms with Gasteiger partial charge in [0, 0.05) is 11.1 Å². The highest BCUT2D eigenvalue weighted by Gasteiger charge is 2.17. The number of hydrogen-bond acceptors (Lipinski definition) is 2. The molecule has 1 aliphatic rings. The first-order chi connectivity index (χ1) is 8.66. The van der Waals surface area contributed by atoms with Gasteiger partial charge in [-0.1, -0.05) is 24.3 Å². The van der Waals surface area contributed by atoms with E-state index in [2.05, 4.69) is 17.4 Å². The molecule has 2 aromatic carbocycles. The standard InChI is InChI=1S/C15H15NO2/c1-9(17)15(18)16-13-8-7-11-6-5-10-3-2-4-12(13)14(10)11/h2-4,7-9,17H,5-6H2,1H3,(H,16,18). The molecule has 92 valence electrons. The van der Waals surface area contributed by atoms with Crippen LogP contribution in [-0.2, 0) is 17.6 Å². The van der Waals surface area contributed by atoms with Gasteiger partial charge in [-0.25, -0.2) is 0 Å². The van der Waals surface area contributed by atoms with E-state index in [1.54, 1.807) is 0 Å². The van der Waals surface area contributed by atoms with Gasteiger partial charge in [0.15, 0.2) is 0 Å². The predicted molar refractivity (Wildman–Crippen MR) is 71.7 cm³/mol. The molecule has 0 saturated heterocycles. The lowest BCUT2D eigenvalue weighted by atomic mass is 10.0. The van der Waals surface area contributed by atoms with Gasteiger partial charge in [0.05, 0.1) is 0 Å². The van der Waals surface area contributed by atoms with E-state index in [4.69, 9.17) is 0 Å². The van der Waals surface area contributed by atoms with E-state index in [0.29, 0.717) is 0 Å². The number of anilines is 1. The van der Waals surface area contributed by atoms with Crippen LogP contribution < -0.4 is 5.32 Å². The summed E-state index contributed by atoms with van der Waals surface area (Å²) >= 11 is 0. The van der Waals surface area contributed by atoms with Crippen molar-refractivity contribution < 1.29 is 9.90 Å². The SMILES string of the molecule is CC(O)C(=O)Nc1ccc2c3c(cccc13)CC2. The van der Waals surface area contributed by atoms with E-state index >= 15 is 0 Å². The van der Waals surface area contributed by atoms with E-state index < -0.39 is 6.10 Å². The molecular weight excluding hydrogens is 226 g/mol. The van der Waals surface area contributed by atoms with Crippen molar-refractivity contribution in [3.05, 3.63) is 41.5 Å². The molecule has 1 atom stereocenters. The zero-order valence-corrected chi connectivity index (χ0v) is 10.2. The topological polar surface area (TPSA) is 49.3 Å². The van der Waals surface area contributed by atoms with Crippen molar-refractivity contribution in [2.75, 3.05) is 5.32 Å². The Hall–Kier alpha value is -1.87. The Labute approximate surface area is 105 Å². The lowest BCUT2D eigenvalue weighted by Gasteiger charge is -2.11. The van der Waals surface area contributed by atoms with Crippen LogP contribution in [0.1, 0.15) is 18.1 Å². The second kappa shape index (κ2) is 4.10. The molecule has 2 N–H and O–H groups in total. The number of aliphatic hydroxyl groups excluding tert-OH is 1. The van der Waals surface area contributed by atoms with E-state index in [1.807, 2.05) is 18.2 Å². The van der Waals surface area contributed by atoms with Gasteiger partial charge in [0.2, 0.25) is 0 Å². The molecule has 0 heterocycles. The minimum absolute atomic E-state index is 0.367. The van der Waals surface area contributed by atoms with Crippen LogP contribution in [0.4, 0.5) is 5.69 Å². The Kier molecular flexibility index (Phi) is 2.56. The molecule has 0 bridgehead atoms. The molecular formula is C15H15NO2. The first-order valence-electron chi connectivity index (χ1n) is 6.19. The van der Waals surface area contributed by atoms with Crippen molar-refractivity contribution >= 4 is 22.4 Å². The van der Waals surface area contributed by atoms with Gasteiger partial charge in [0.25, 0.3) is 5.91 Å². The maximum Gasteiger partial charge on any atom is 0.252 e. The van der Waals surface area contributed by atoms with Gasteiger partial charge in [-0.15, -0.1) is 0 Å². The van der Waals surface area contributed by atoms with Gasteiger partial charge in [-0.2, -0.15) is 0 Å². The number of rotatable bonds is 2. The Morgan fingerprint density at radius 2 is 1.94 bits per heavy atom. The number of amides is 1. The van der Waals surface area contributed by atoms with E-state index in [1.165, 1.54) is 23.4 Å². The minimum Gasteiger partial charge on any atom is -0.384 e. The molecule has 0 saturated carbocycles. The Balaban J connectivity index is 2.12.